The zero-order valence-electron chi connectivity index (χ0n) is 7.83. The van der Waals surface area contributed by atoms with E-state index < -0.39 is 0 Å². The quantitative estimate of drug-likeness (QED) is 0.676. The third kappa shape index (κ3) is 2.98. The van der Waals surface area contributed by atoms with Crippen LogP contribution in [0.3, 0.4) is 0 Å². The molecule has 0 amide bonds. The minimum Gasteiger partial charge on any atom is -0.257 e. The second kappa shape index (κ2) is 4.18. The molecule has 0 radical (unpaired) electrons. The standard InChI is InChI=1S/C9H15N3/c1-8-5-4-6-9(11-8)7-10-12(2)3/h4-6,10H,7H2,1-3H3. The van der Waals surface area contributed by atoms with Gasteiger partial charge < -0.3 is 0 Å². The molecular formula is C9H15N3. The molecule has 0 aliphatic carbocycles. The zero-order valence-corrected chi connectivity index (χ0v) is 7.83. The first kappa shape index (κ1) is 9.16. The molecule has 1 aromatic heterocycles. The van der Waals surface area contributed by atoms with Crippen molar-refractivity contribution >= 4 is 0 Å². The summed E-state index contributed by atoms with van der Waals surface area (Å²) in [6.45, 7) is 2.79. The average molecular weight is 165 g/mol. The van der Waals surface area contributed by atoms with E-state index in [4.69, 9.17) is 0 Å². The van der Waals surface area contributed by atoms with Gasteiger partial charge in [0.15, 0.2) is 0 Å². The van der Waals surface area contributed by atoms with Crippen molar-refractivity contribution in [1.82, 2.24) is 15.4 Å². The van der Waals surface area contributed by atoms with Crippen LogP contribution in [0.2, 0.25) is 0 Å². The number of aromatic nitrogens is 1. The van der Waals surface area contributed by atoms with Crippen molar-refractivity contribution in [3.8, 4) is 0 Å². The lowest BCUT2D eigenvalue weighted by atomic mass is 10.3. The topological polar surface area (TPSA) is 28.2 Å². The molecule has 0 saturated heterocycles. The van der Waals surface area contributed by atoms with Gasteiger partial charge in [0.2, 0.25) is 0 Å². The summed E-state index contributed by atoms with van der Waals surface area (Å²) in [5, 5.41) is 1.92. The zero-order chi connectivity index (χ0) is 8.97. The maximum atomic E-state index is 4.36. The molecule has 0 spiro atoms. The van der Waals surface area contributed by atoms with Crippen molar-refractivity contribution in [3.05, 3.63) is 29.6 Å². The summed E-state index contributed by atoms with van der Waals surface area (Å²) in [6.07, 6.45) is 0. The Morgan fingerprint density at radius 1 is 1.42 bits per heavy atom. The highest BCUT2D eigenvalue weighted by Gasteiger charge is 1.94. The lowest BCUT2D eigenvalue weighted by Gasteiger charge is -2.11. The fourth-order valence-electron chi connectivity index (χ4n) is 0.937. The fourth-order valence-corrected chi connectivity index (χ4v) is 0.937. The Kier molecular flexibility index (Phi) is 3.19. The van der Waals surface area contributed by atoms with Crippen LogP contribution >= 0.6 is 0 Å². The molecule has 0 fully saturated rings. The first-order valence-corrected chi connectivity index (χ1v) is 4.02. The molecule has 0 saturated carbocycles. The van der Waals surface area contributed by atoms with Crippen molar-refractivity contribution < 1.29 is 0 Å². The molecule has 1 aromatic rings. The number of hydrogen-bond donors (Lipinski definition) is 1. The van der Waals surface area contributed by atoms with E-state index in [9.17, 15) is 0 Å². The third-order valence-electron chi connectivity index (χ3n) is 1.52. The highest BCUT2D eigenvalue weighted by Crippen LogP contribution is 1.96. The second-order valence-corrected chi connectivity index (χ2v) is 3.00. The van der Waals surface area contributed by atoms with Crippen LogP contribution in [-0.4, -0.2) is 24.1 Å². The van der Waals surface area contributed by atoms with Crippen LogP contribution in [0.15, 0.2) is 18.2 Å². The molecule has 0 aromatic carbocycles. The monoisotopic (exact) mass is 165 g/mol. The number of rotatable bonds is 3. The van der Waals surface area contributed by atoms with Crippen LogP contribution < -0.4 is 5.43 Å². The molecule has 0 aliphatic rings. The van der Waals surface area contributed by atoms with Crippen molar-refractivity contribution in [1.29, 1.82) is 0 Å². The Balaban J connectivity index is 2.52. The molecule has 0 bridgehead atoms. The number of pyridine rings is 1. The van der Waals surface area contributed by atoms with Crippen LogP contribution in [0.5, 0.6) is 0 Å². The number of nitrogens with zero attached hydrogens (tertiary/aromatic N) is 2. The Bertz CT molecular complexity index is 245. The number of hydrazine groups is 1. The molecule has 0 unspecified atom stereocenters. The molecule has 12 heavy (non-hydrogen) atoms. The van der Waals surface area contributed by atoms with Gasteiger partial charge in [0.25, 0.3) is 0 Å². The first-order chi connectivity index (χ1) is 5.68. The van der Waals surface area contributed by atoms with Gasteiger partial charge >= 0.3 is 0 Å². The molecular weight excluding hydrogens is 150 g/mol. The van der Waals surface area contributed by atoms with Crippen molar-refractivity contribution in [2.75, 3.05) is 14.1 Å². The average Bonchev–Trinajstić information content (AvgIpc) is 2.01. The maximum Gasteiger partial charge on any atom is 0.0559 e. The molecule has 66 valence electrons. The van der Waals surface area contributed by atoms with E-state index in [0.717, 1.165) is 17.9 Å². The smallest absolute Gasteiger partial charge is 0.0559 e. The normalized spacial score (nSPS) is 10.7. The predicted molar refractivity (Wildman–Crippen MR) is 49.5 cm³/mol. The van der Waals surface area contributed by atoms with E-state index in [-0.39, 0.29) is 0 Å². The Morgan fingerprint density at radius 3 is 2.75 bits per heavy atom. The van der Waals surface area contributed by atoms with Gasteiger partial charge in [-0.1, -0.05) is 6.07 Å². The largest absolute Gasteiger partial charge is 0.257 e. The summed E-state index contributed by atoms with van der Waals surface area (Å²) in [6, 6.07) is 6.04. The van der Waals surface area contributed by atoms with Crippen molar-refractivity contribution in [3.63, 3.8) is 0 Å². The highest BCUT2D eigenvalue weighted by atomic mass is 15.5. The molecule has 1 heterocycles. The van der Waals surface area contributed by atoms with E-state index >= 15 is 0 Å². The minimum absolute atomic E-state index is 0.786. The molecule has 0 aliphatic heterocycles. The van der Waals surface area contributed by atoms with E-state index in [1.54, 1.807) is 0 Å². The number of nitrogens with one attached hydrogen (secondary N) is 1. The summed E-state index contributed by atoms with van der Waals surface area (Å²) < 4.78 is 0. The van der Waals surface area contributed by atoms with Gasteiger partial charge in [-0.2, -0.15) is 0 Å². The van der Waals surface area contributed by atoms with Crippen molar-refractivity contribution in [2.24, 2.45) is 0 Å². The summed E-state index contributed by atoms with van der Waals surface area (Å²) in [5.74, 6) is 0. The Morgan fingerprint density at radius 2 is 2.17 bits per heavy atom. The molecule has 3 nitrogen and oxygen atoms in total. The van der Waals surface area contributed by atoms with Crippen LogP contribution in [0.4, 0.5) is 0 Å². The lowest BCUT2D eigenvalue weighted by Crippen LogP contribution is -2.29. The van der Waals surface area contributed by atoms with Crippen LogP contribution in [0, 0.1) is 6.92 Å². The predicted octanol–water partition coefficient (Wildman–Crippen LogP) is 0.956. The minimum atomic E-state index is 0.786. The molecule has 1 N–H and O–H groups in total. The summed E-state index contributed by atoms with van der Waals surface area (Å²) in [7, 11) is 3.94. The van der Waals surface area contributed by atoms with Crippen LogP contribution in [0.25, 0.3) is 0 Å². The second-order valence-electron chi connectivity index (χ2n) is 3.00. The van der Waals surface area contributed by atoms with Crippen LogP contribution in [0.1, 0.15) is 11.4 Å². The molecule has 3 heteroatoms. The highest BCUT2D eigenvalue weighted by molar-refractivity contribution is 5.09. The Labute approximate surface area is 73.4 Å². The Hall–Kier alpha value is -0.930. The van der Waals surface area contributed by atoms with Gasteiger partial charge in [-0.15, -0.1) is 0 Å². The van der Waals surface area contributed by atoms with E-state index in [1.807, 2.05) is 44.2 Å². The third-order valence-corrected chi connectivity index (χ3v) is 1.52. The number of hydrogen-bond acceptors (Lipinski definition) is 3. The molecule has 1 rings (SSSR count). The lowest BCUT2D eigenvalue weighted by molar-refractivity contribution is 0.284. The van der Waals surface area contributed by atoms with Gasteiger partial charge in [0, 0.05) is 19.8 Å². The van der Waals surface area contributed by atoms with Crippen LogP contribution in [-0.2, 0) is 6.54 Å². The maximum absolute atomic E-state index is 4.36. The van der Waals surface area contributed by atoms with Gasteiger partial charge in [0.05, 0.1) is 12.2 Å². The summed E-state index contributed by atoms with van der Waals surface area (Å²) >= 11 is 0. The van der Waals surface area contributed by atoms with E-state index in [2.05, 4.69) is 10.4 Å². The van der Waals surface area contributed by atoms with Gasteiger partial charge in [-0.3, -0.25) is 9.99 Å². The fraction of sp³-hybridized carbons (Fsp3) is 0.444. The summed E-state index contributed by atoms with van der Waals surface area (Å²) in [5.41, 5.74) is 5.30. The first-order valence-electron chi connectivity index (χ1n) is 4.02. The molecule has 0 atom stereocenters. The number of aryl methyl sites for hydroxylation is 1. The summed E-state index contributed by atoms with van der Waals surface area (Å²) in [4.78, 5) is 4.36. The SMILES string of the molecule is Cc1cccc(CNN(C)C)n1. The van der Waals surface area contributed by atoms with Gasteiger partial charge in [0.1, 0.15) is 0 Å². The van der Waals surface area contributed by atoms with E-state index in [0.29, 0.717) is 0 Å². The van der Waals surface area contributed by atoms with Gasteiger partial charge in [-0.05, 0) is 19.1 Å². The van der Waals surface area contributed by atoms with E-state index in [1.165, 1.54) is 0 Å². The van der Waals surface area contributed by atoms with Crippen molar-refractivity contribution in [2.45, 2.75) is 13.5 Å². The van der Waals surface area contributed by atoms with Gasteiger partial charge in [-0.25, -0.2) is 5.43 Å².